The number of rotatable bonds is 2. The molecule has 0 saturated carbocycles. The van der Waals surface area contributed by atoms with Gasteiger partial charge in [0.1, 0.15) is 0 Å². The van der Waals surface area contributed by atoms with Crippen molar-refractivity contribution in [3.05, 3.63) is 46.8 Å². The fourth-order valence-electron chi connectivity index (χ4n) is 1.26. The molecule has 4 heteroatoms. The number of benzene rings is 1. The molecule has 0 atom stereocenters. The minimum absolute atomic E-state index is 0.114. The zero-order chi connectivity index (χ0) is 10.8. The highest BCUT2D eigenvalue weighted by atomic mass is 16.4. The minimum Gasteiger partial charge on any atom is -0.392 e. The van der Waals surface area contributed by atoms with Gasteiger partial charge in [0.15, 0.2) is 0 Å². The Morgan fingerprint density at radius 1 is 1.27 bits per heavy atom. The quantitative estimate of drug-likeness (QED) is 0.751. The summed E-state index contributed by atoms with van der Waals surface area (Å²) in [5, 5.41) is 4.12. The summed E-state index contributed by atoms with van der Waals surface area (Å²) in [4.78, 5) is 11.5. The van der Waals surface area contributed by atoms with E-state index in [1.54, 1.807) is 0 Å². The molecule has 2 rings (SSSR count). The first kappa shape index (κ1) is 9.71. The summed E-state index contributed by atoms with van der Waals surface area (Å²) < 4.78 is 6.30. The van der Waals surface area contributed by atoms with Crippen molar-refractivity contribution in [1.82, 2.24) is 9.78 Å². The van der Waals surface area contributed by atoms with Gasteiger partial charge in [-0.1, -0.05) is 32.0 Å². The third-order valence-corrected chi connectivity index (χ3v) is 2.06. The van der Waals surface area contributed by atoms with E-state index in [4.69, 9.17) is 4.42 Å². The van der Waals surface area contributed by atoms with Gasteiger partial charge in [-0.05, 0) is 12.1 Å². The van der Waals surface area contributed by atoms with Gasteiger partial charge >= 0.3 is 5.76 Å². The zero-order valence-electron chi connectivity index (χ0n) is 8.68. The SMILES string of the molecule is CC(C)c1nn(-c2ccccc2)c(=O)o1. The monoisotopic (exact) mass is 204 g/mol. The Bertz CT molecular complexity index is 497. The van der Waals surface area contributed by atoms with Crippen molar-refractivity contribution in [2.75, 3.05) is 0 Å². The molecule has 0 aliphatic heterocycles. The van der Waals surface area contributed by atoms with E-state index in [2.05, 4.69) is 5.10 Å². The smallest absolute Gasteiger partial charge is 0.392 e. The van der Waals surface area contributed by atoms with Gasteiger partial charge in [-0.15, -0.1) is 5.10 Å². The third-order valence-electron chi connectivity index (χ3n) is 2.06. The third kappa shape index (κ3) is 1.83. The Morgan fingerprint density at radius 3 is 2.47 bits per heavy atom. The van der Waals surface area contributed by atoms with Gasteiger partial charge in [-0.3, -0.25) is 0 Å². The molecule has 4 nitrogen and oxygen atoms in total. The first-order valence-corrected chi connectivity index (χ1v) is 4.84. The van der Waals surface area contributed by atoms with Gasteiger partial charge in [0.2, 0.25) is 5.89 Å². The lowest BCUT2D eigenvalue weighted by atomic mass is 10.2. The summed E-state index contributed by atoms with van der Waals surface area (Å²) in [5.74, 6) is 0.136. The average molecular weight is 204 g/mol. The summed E-state index contributed by atoms with van der Waals surface area (Å²) >= 11 is 0. The molecule has 0 radical (unpaired) electrons. The molecular weight excluding hydrogens is 192 g/mol. The maximum Gasteiger partial charge on any atom is 0.441 e. The van der Waals surface area contributed by atoms with Crippen molar-refractivity contribution < 1.29 is 4.42 Å². The molecule has 0 spiro atoms. The normalized spacial score (nSPS) is 10.9. The van der Waals surface area contributed by atoms with Crippen LogP contribution in [0.1, 0.15) is 25.7 Å². The molecule has 1 aromatic carbocycles. The van der Waals surface area contributed by atoms with Crippen LogP contribution in [0.3, 0.4) is 0 Å². The number of hydrogen-bond acceptors (Lipinski definition) is 3. The molecular formula is C11H12N2O2. The lowest BCUT2D eigenvalue weighted by molar-refractivity contribution is 0.439. The van der Waals surface area contributed by atoms with Gasteiger partial charge < -0.3 is 4.42 Å². The van der Waals surface area contributed by atoms with Crippen LogP contribution in [0.25, 0.3) is 5.69 Å². The standard InChI is InChI=1S/C11H12N2O2/c1-8(2)10-12-13(11(14)15-10)9-6-4-3-5-7-9/h3-8H,1-2H3. The van der Waals surface area contributed by atoms with Crippen molar-refractivity contribution in [2.45, 2.75) is 19.8 Å². The van der Waals surface area contributed by atoms with Gasteiger partial charge in [-0.2, -0.15) is 4.68 Å². The summed E-state index contributed by atoms with van der Waals surface area (Å²) in [6, 6.07) is 9.22. The second-order valence-corrected chi connectivity index (χ2v) is 3.61. The van der Waals surface area contributed by atoms with Gasteiger partial charge in [0, 0.05) is 5.92 Å². The van der Waals surface area contributed by atoms with E-state index in [9.17, 15) is 4.79 Å². The second kappa shape index (κ2) is 3.73. The van der Waals surface area contributed by atoms with Gasteiger partial charge in [-0.25, -0.2) is 4.79 Å². The van der Waals surface area contributed by atoms with Crippen molar-refractivity contribution in [3.8, 4) is 5.69 Å². The average Bonchev–Trinajstić information content (AvgIpc) is 2.62. The van der Waals surface area contributed by atoms with E-state index in [1.165, 1.54) is 4.68 Å². The molecule has 0 bridgehead atoms. The van der Waals surface area contributed by atoms with Crippen molar-refractivity contribution >= 4 is 0 Å². The van der Waals surface area contributed by atoms with Crippen LogP contribution < -0.4 is 5.76 Å². The summed E-state index contributed by atoms with van der Waals surface area (Å²) in [7, 11) is 0. The van der Waals surface area contributed by atoms with E-state index in [0.29, 0.717) is 5.89 Å². The molecule has 0 aliphatic rings. The van der Waals surface area contributed by atoms with Crippen LogP contribution in [-0.2, 0) is 0 Å². The molecule has 0 saturated heterocycles. The molecule has 1 aromatic heterocycles. The molecule has 0 aliphatic carbocycles. The molecule has 2 aromatic rings. The number of para-hydroxylation sites is 1. The Morgan fingerprint density at radius 2 is 1.93 bits per heavy atom. The predicted molar refractivity (Wildman–Crippen MR) is 56.2 cm³/mol. The van der Waals surface area contributed by atoms with Gasteiger partial charge in [0.25, 0.3) is 0 Å². The molecule has 0 amide bonds. The number of nitrogens with zero attached hydrogens (tertiary/aromatic N) is 2. The summed E-state index contributed by atoms with van der Waals surface area (Å²) in [6.07, 6.45) is 0. The van der Waals surface area contributed by atoms with E-state index in [0.717, 1.165) is 5.69 Å². The fraction of sp³-hybridized carbons (Fsp3) is 0.273. The van der Waals surface area contributed by atoms with Crippen molar-refractivity contribution in [3.63, 3.8) is 0 Å². The maximum absolute atomic E-state index is 11.5. The largest absolute Gasteiger partial charge is 0.441 e. The van der Waals surface area contributed by atoms with Gasteiger partial charge in [0.05, 0.1) is 5.69 Å². The van der Waals surface area contributed by atoms with Crippen molar-refractivity contribution in [1.29, 1.82) is 0 Å². The van der Waals surface area contributed by atoms with Crippen LogP contribution in [0.4, 0.5) is 0 Å². The highest BCUT2D eigenvalue weighted by Gasteiger charge is 2.11. The number of aromatic nitrogens is 2. The van der Waals surface area contributed by atoms with E-state index >= 15 is 0 Å². The zero-order valence-corrected chi connectivity index (χ0v) is 8.68. The maximum atomic E-state index is 11.5. The highest BCUT2D eigenvalue weighted by Crippen LogP contribution is 2.10. The van der Waals surface area contributed by atoms with Crippen LogP contribution in [-0.4, -0.2) is 9.78 Å². The van der Waals surface area contributed by atoms with Crippen LogP contribution in [0.15, 0.2) is 39.5 Å². The molecule has 1 heterocycles. The van der Waals surface area contributed by atoms with Crippen LogP contribution in [0.5, 0.6) is 0 Å². The van der Waals surface area contributed by atoms with E-state index in [1.807, 2.05) is 44.2 Å². The topological polar surface area (TPSA) is 48.0 Å². The van der Waals surface area contributed by atoms with E-state index < -0.39 is 5.76 Å². The molecule has 15 heavy (non-hydrogen) atoms. The second-order valence-electron chi connectivity index (χ2n) is 3.61. The predicted octanol–water partition coefficient (Wildman–Crippen LogP) is 1.95. The molecule has 0 fully saturated rings. The Labute approximate surface area is 87.2 Å². The van der Waals surface area contributed by atoms with E-state index in [-0.39, 0.29) is 5.92 Å². The summed E-state index contributed by atoms with van der Waals surface area (Å²) in [5.41, 5.74) is 0.721. The van der Waals surface area contributed by atoms with Crippen LogP contribution in [0.2, 0.25) is 0 Å². The Kier molecular flexibility index (Phi) is 2.41. The molecule has 0 unspecified atom stereocenters. The first-order chi connectivity index (χ1) is 7.18. The first-order valence-electron chi connectivity index (χ1n) is 4.84. The molecule has 78 valence electrons. The minimum atomic E-state index is -0.440. The number of hydrogen-bond donors (Lipinski definition) is 0. The summed E-state index contributed by atoms with van der Waals surface area (Å²) in [6.45, 7) is 3.86. The Hall–Kier alpha value is -1.84. The lowest BCUT2D eigenvalue weighted by Crippen LogP contribution is -2.13. The fourth-order valence-corrected chi connectivity index (χ4v) is 1.26. The van der Waals surface area contributed by atoms with Crippen molar-refractivity contribution in [2.24, 2.45) is 0 Å². The molecule has 0 N–H and O–H groups in total. The Balaban J connectivity index is 2.50. The highest BCUT2D eigenvalue weighted by molar-refractivity contribution is 5.29. The lowest BCUT2D eigenvalue weighted by Gasteiger charge is -1.96. The van der Waals surface area contributed by atoms with Crippen LogP contribution >= 0.6 is 0 Å². The van der Waals surface area contributed by atoms with Crippen LogP contribution in [0, 0.1) is 0 Å².